The van der Waals surface area contributed by atoms with E-state index in [2.05, 4.69) is 26.0 Å². The summed E-state index contributed by atoms with van der Waals surface area (Å²) in [5.41, 5.74) is 0. The van der Waals surface area contributed by atoms with Gasteiger partial charge in [0.25, 0.3) is 0 Å². The summed E-state index contributed by atoms with van der Waals surface area (Å²) in [6.45, 7) is 4.79. The number of hydrogen-bond acceptors (Lipinski definition) is 8. The fourth-order valence-corrected chi connectivity index (χ4v) is 8.18. The van der Waals surface area contributed by atoms with Crippen molar-refractivity contribution in [2.45, 2.75) is 283 Å². The van der Waals surface area contributed by atoms with Gasteiger partial charge in [-0.25, -0.2) is 0 Å². The van der Waals surface area contributed by atoms with Gasteiger partial charge in [-0.2, -0.15) is 0 Å². The van der Waals surface area contributed by atoms with Crippen molar-refractivity contribution in [1.82, 2.24) is 0 Å². The molecule has 2 unspecified atom stereocenters. The number of unbranched alkanes of at least 4 members (excludes halogenated alkanes) is 35. The van der Waals surface area contributed by atoms with Gasteiger partial charge in [-0.1, -0.05) is 231 Å². The molecule has 0 aliphatic carbocycles. The van der Waals surface area contributed by atoms with Crippen LogP contribution in [0.15, 0.2) is 12.2 Å². The Labute approximate surface area is 402 Å². The van der Waals surface area contributed by atoms with E-state index in [1.807, 2.05) is 21.1 Å². The fourth-order valence-electron chi connectivity index (χ4n) is 8.18. The highest BCUT2D eigenvalue weighted by Crippen LogP contribution is 2.17. The quantitative estimate of drug-likeness (QED) is 0.0195. The van der Waals surface area contributed by atoms with Crippen LogP contribution in [0.25, 0.3) is 0 Å². The van der Waals surface area contributed by atoms with E-state index in [9.17, 15) is 19.5 Å². The summed E-state index contributed by atoms with van der Waals surface area (Å²) in [7, 11) is 5.93. The van der Waals surface area contributed by atoms with Gasteiger partial charge in [-0.05, 0) is 38.5 Å². The topological polar surface area (TPSA) is 111 Å². The lowest BCUT2D eigenvalue weighted by molar-refractivity contribution is -0.870. The Bertz CT molecular complexity index is 1070. The number of quaternary nitrogens is 1. The molecule has 2 atom stereocenters. The molecule has 9 heteroatoms. The molecular weight excluding hydrogens is 815 g/mol. The summed E-state index contributed by atoms with van der Waals surface area (Å²) in [6, 6.07) is 0. The van der Waals surface area contributed by atoms with E-state index in [0.717, 1.165) is 44.9 Å². The van der Waals surface area contributed by atoms with Crippen LogP contribution in [0.5, 0.6) is 0 Å². The number of carbonyl (C=O) groups is 3. The number of esters is 2. The molecule has 0 heterocycles. The van der Waals surface area contributed by atoms with Crippen LogP contribution in [0.2, 0.25) is 0 Å². The first-order valence-corrected chi connectivity index (χ1v) is 27.8. The molecule has 0 bridgehead atoms. The van der Waals surface area contributed by atoms with E-state index in [-0.39, 0.29) is 32.2 Å². The van der Waals surface area contributed by atoms with Crippen molar-refractivity contribution in [2.24, 2.45) is 0 Å². The van der Waals surface area contributed by atoms with Crippen molar-refractivity contribution in [3.8, 4) is 0 Å². The molecule has 9 nitrogen and oxygen atoms in total. The van der Waals surface area contributed by atoms with Crippen LogP contribution in [0.4, 0.5) is 0 Å². The van der Waals surface area contributed by atoms with E-state index in [1.165, 1.54) is 193 Å². The van der Waals surface area contributed by atoms with Crippen LogP contribution in [-0.2, 0) is 33.3 Å². The first-order valence-electron chi connectivity index (χ1n) is 27.8. The molecular formula is C56H107NO8. The van der Waals surface area contributed by atoms with Crippen molar-refractivity contribution < 1.29 is 42.9 Å². The Kier molecular flexibility index (Phi) is 47.0. The first kappa shape index (κ1) is 63.0. The molecule has 0 spiro atoms. The molecule has 0 rings (SSSR count). The number of carbonyl (C=O) groups excluding carboxylic acids is 3. The molecule has 0 aromatic rings. The van der Waals surface area contributed by atoms with Crippen molar-refractivity contribution in [3.05, 3.63) is 12.2 Å². The second-order valence-corrected chi connectivity index (χ2v) is 20.2. The molecule has 0 N–H and O–H groups in total. The van der Waals surface area contributed by atoms with Crippen LogP contribution >= 0.6 is 0 Å². The Morgan fingerprint density at radius 3 is 1.14 bits per heavy atom. The minimum atomic E-state index is -1.62. The average molecular weight is 922 g/mol. The minimum Gasteiger partial charge on any atom is -0.545 e. The number of likely N-dealkylation sites (N-methyl/N-ethyl adjacent to an activating group) is 1. The first-order chi connectivity index (χ1) is 31.6. The van der Waals surface area contributed by atoms with Crippen LogP contribution in [0.3, 0.4) is 0 Å². The molecule has 0 radical (unpaired) electrons. The normalized spacial score (nSPS) is 12.8. The molecule has 384 valence electrons. The Morgan fingerprint density at radius 2 is 0.785 bits per heavy atom. The van der Waals surface area contributed by atoms with Gasteiger partial charge in [-0.15, -0.1) is 0 Å². The predicted octanol–water partition coefficient (Wildman–Crippen LogP) is 14.5. The number of aliphatic carboxylic acids is 1. The van der Waals surface area contributed by atoms with E-state index in [1.54, 1.807) is 0 Å². The average Bonchev–Trinajstić information content (AvgIpc) is 3.27. The number of rotatable bonds is 52. The third-order valence-corrected chi connectivity index (χ3v) is 12.5. The summed E-state index contributed by atoms with van der Waals surface area (Å²) in [5.74, 6) is -2.27. The number of nitrogens with zero attached hydrogens (tertiary/aromatic N) is 1. The maximum Gasteiger partial charge on any atom is 0.306 e. The predicted molar refractivity (Wildman–Crippen MR) is 270 cm³/mol. The fraction of sp³-hybridized carbons (Fsp3) is 0.911. The van der Waals surface area contributed by atoms with Crippen molar-refractivity contribution in [1.29, 1.82) is 0 Å². The number of carboxylic acids is 1. The summed E-state index contributed by atoms with van der Waals surface area (Å²) in [6.07, 6.45) is 51.1. The summed E-state index contributed by atoms with van der Waals surface area (Å²) in [4.78, 5) is 37.2. The summed E-state index contributed by atoms with van der Waals surface area (Å²) >= 11 is 0. The van der Waals surface area contributed by atoms with Gasteiger partial charge < -0.3 is 33.3 Å². The molecule has 0 aliphatic rings. The lowest BCUT2D eigenvalue weighted by atomic mass is 10.0. The van der Waals surface area contributed by atoms with Crippen LogP contribution in [0.1, 0.15) is 271 Å². The van der Waals surface area contributed by atoms with Crippen molar-refractivity contribution in [2.75, 3.05) is 47.5 Å². The number of carboxylic acid groups (broad SMARTS) is 1. The molecule has 0 aromatic carbocycles. The van der Waals surface area contributed by atoms with Crippen molar-refractivity contribution in [3.63, 3.8) is 0 Å². The second-order valence-electron chi connectivity index (χ2n) is 20.2. The summed E-state index contributed by atoms with van der Waals surface area (Å²) in [5, 5.41) is 11.7. The molecule has 0 aliphatic heterocycles. The van der Waals surface area contributed by atoms with Crippen LogP contribution in [0, 0.1) is 0 Å². The molecule has 0 aromatic heterocycles. The van der Waals surface area contributed by atoms with Gasteiger partial charge in [-0.3, -0.25) is 9.59 Å². The zero-order valence-corrected chi connectivity index (χ0v) is 43.6. The van der Waals surface area contributed by atoms with E-state index < -0.39 is 24.3 Å². The van der Waals surface area contributed by atoms with Crippen LogP contribution in [-0.4, -0.2) is 82.3 Å². The number of ether oxygens (including phenoxy) is 4. The highest BCUT2D eigenvalue weighted by molar-refractivity contribution is 5.70. The summed E-state index contributed by atoms with van der Waals surface area (Å²) < 4.78 is 22.7. The Balaban J connectivity index is 4.24. The molecule has 0 saturated carbocycles. The zero-order chi connectivity index (χ0) is 47.7. The lowest BCUT2D eigenvalue weighted by Gasteiger charge is -2.26. The van der Waals surface area contributed by atoms with Crippen LogP contribution < -0.4 is 5.11 Å². The SMILES string of the molecule is CCCCCCCCC/C=C\CCCCCCCCCC(=O)OC(COC(=O)CCCCCCCCCCCCCCCCCCCCCCCC)COC(OCC[N+](C)(C)C)C(=O)[O-]. The highest BCUT2D eigenvalue weighted by atomic mass is 16.7. The van der Waals surface area contributed by atoms with E-state index >= 15 is 0 Å². The molecule has 0 saturated heterocycles. The minimum absolute atomic E-state index is 0.150. The van der Waals surface area contributed by atoms with Gasteiger partial charge in [0.1, 0.15) is 13.2 Å². The van der Waals surface area contributed by atoms with Gasteiger partial charge in [0.2, 0.25) is 0 Å². The second kappa shape index (κ2) is 48.5. The zero-order valence-electron chi connectivity index (χ0n) is 43.6. The maximum absolute atomic E-state index is 12.8. The molecule has 65 heavy (non-hydrogen) atoms. The van der Waals surface area contributed by atoms with E-state index in [0.29, 0.717) is 23.9 Å². The largest absolute Gasteiger partial charge is 0.545 e. The lowest BCUT2D eigenvalue weighted by Crippen LogP contribution is -2.44. The standard InChI is InChI=1S/C56H107NO8/c1-6-8-10-12-14-16-18-20-22-24-26-27-28-29-31-32-34-36-38-40-42-44-46-53(58)63-50-52(51-64-56(55(60)61)62-49-48-57(3,4)5)65-54(59)47-45-43-41-39-37-35-33-30-25-23-21-19-17-15-13-11-9-7-2/h23,25,52,56H,6-22,24,26-51H2,1-5H3/b25-23-. The molecule has 0 fully saturated rings. The van der Waals surface area contributed by atoms with Gasteiger partial charge in [0.15, 0.2) is 12.4 Å². The third-order valence-electron chi connectivity index (χ3n) is 12.5. The monoisotopic (exact) mass is 922 g/mol. The smallest absolute Gasteiger partial charge is 0.306 e. The van der Waals surface area contributed by atoms with Gasteiger partial charge in [0.05, 0.1) is 40.3 Å². The Morgan fingerprint density at radius 1 is 0.446 bits per heavy atom. The maximum atomic E-state index is 12.8. The third kappa shape index (κ3) is 49.8. The van der Waals surface area contributed by atoms with Gasteiger partial charge in [0, 0.05) is 12.8 Å². The van der Waals surface area contributed by atoms with Crippen molar-refractivity contribution >= 4 is 17.9 Å². The number of hydrogen-bond donors (Lipinski definition) is 0. The Hall–Kier alpha value is -1.97. The molecule has 0 amide bonds. The van der Waals surface area contributed by atoms with Gasteiger partial charge >= 0.3 is 11.9 Å². The number of allylic oxidation sites excluding steroid dienone is 2. The highest BCUT2D eigenvalue weighted by Gasteiger charge is 2.22. The van der Waals surface area contributed by atoms with E-state index in [4.69, 9.17) is 18.9 Å².